The molecule has 2 rings (SSSR count). The first-order chi connectivity index (χ1) is 7.31. The van der Waals surface area contributed by atoms with Crippen molar-refractivity contribution >= 4 is 23.1 Å². The van der Waals surface area contributed by atoms with Crippen LogP contribution < -0.4 is 0 Å². The molecule has 4 heteroatoms. The number of aliphatic hydroxyl groups is 1. The van der Waals surface area contributed by atoms with Crippen LogP contribution in [0, 0.1) is 0 Å². The average Bonchev–Trinajstić information content (AvgIpc) is 2.78. The van der Waals surface area contributed by atoms with Crippen molar-refractivity contribution in [2.75, 3.05) is 12.4 Å². The molecular weight excluding hydrogens is 226 g/mol. The predicted molar refractivity (Wildman–Crippen MR) is 66.7 cm³/mol. The van der Waals surface area contributed by atoms with Gasteiger partial charge >= 0.3 is 0 Å². The van der Waals surface area contributed by atoms with Gasteiger partial charge in [-0.25, -0.2) is 4.98 Å². The van der Waals surface area contributed by atoms with E-state index in [0.717, 1.165) is 0 Å². The van der Waals surface area contributed by atoms with Crippen LogP contribution in [0.2, 0.25) is 0 Å². The van der Waals surface area contributed by atoms with Crippen LogP contribution in [0.1, 0.15) is 47.2 Å². The number of rotatable bonds is 3. The topological polar surface area (TPSA) is 33.1 Å². The van der Waals surface area contributed by atoms with Crippen molar-refractivity contribution in [1.29, 1.82) is 0 Å². The molecule has 1 fully saturated rings. The quantitative estimate of drug-likeness (QED) is 0.885. The minimum atomic E-state index is 0.222. The Bertz CT molecular complexity index is 307. The van der Waals surface area contributed by atoms with E-state index < -0.39 is 0 Å². The summed E-state index contributed by atoms with van der Waals surface area (Å²) in [4.78, 5) is 5.72. The lowest BCUT2D eigenvalue weighted by Crippen LogP contribution is -2.01. The lowest BCUT2D eigenvalue weighted by atomic mass is 10.2. The second-order valence-electron chi connectivity index (χ2n) is 4.04. The Balaban J connectivity index is 2.05. The molecule has 0 aliphatic carbocycles. The maximum Gasteiger partial charge on any atom is 0.106 e. The van der Waals surface area contributed by atoms with Crippen LogP contribution in [0.25, 0.3) is 0 Å². The zero-order chi connectivity index (χ0) is 10.7. The lowest BCUT2D eigenvalue weighted by Gasteiger charge is -2.18. The normalized spacial score (nSPS) is 24.0. The molecule has 1 aliphatic rings. The van der Waals surface area contributed by atoms with Gasteiger partial charge in [-0.05, 0) is 18.6 Å². The smallest absolute Gasteiger partial charge is 0.106 e. The van der Waals surface area contributed by atoms with Crippen LogP contribution in [0.5, 0.6) is 0 Å². The fourth-order valence-corrected chi connectivity index (χ4v) is 4.22. The molecule has 2 unspecified atom stereocenters. The van der Waals surface area contributed by atoms with E-state index >= 15 is 0 Å². The predicted octanol–water partition coefficient (Wildman–Crippen LogP) is 3.20. The van der Waals surface area contributed by atoms with Crippen molar-refractivity contribution in [1.82, 2.24) is 4.98 Å². The molecule has 1 aromatic rings. The Morgan fingerprint density at radius 3 is 3.13 bits per heavy atom. The third-order valence-corrected chi connectivity index (χ3v) is 5.63. The molecule has 1 aliphatic heterocycles. The van der Waals surface area contributed by atoms with Crippen LogP contribution in [0.15, 0.2) is 6.20 Å². The number of nitrogens with zero attached hydrogens (tertiary/aromatic N) is 1. The second kappa shape index (κ2) is 5.32. The van der Waals surface area contributed by atoms with Crippen molar-refractivity contribution in [3.63, 3.8) is 0 Å². The number of hydrogen-bond donors (Lipinski definition) is 1. The van der Waals surface area contributed by atoms with Gasteiger partial charge in [-0.2, -0.15) is 11.8 Å². The molecule has 0 saturated carbocycles. The Labute approximate surface area is 99.1 Å². The molecule has 0 aromatic carbocycles. The summed E-state index contributed by atoms with van der Waals surface area (Å²) in [7, 11) is 0. The molecule has 2 heterocycles. The van der Waals surface area contributed by atoms with Gasteiger partial charge in [0.15, 0.2) is 0 Å². The molecule has 1 saturated heterocycles. The van der Waals surface area contributed by atoms with E-state index in [1.807, 2.05) is 24.9 Å². The van der Waals surface area contributed by atoms with E-state index in [4.69, 9.17) is 5.11 Å². The summed E-state index contributed by atoms with van der Waals surface area (Å²) < 4.78 is 0. The molecule has 0 spiro atoms. The van der Waals surface area contributed by atoms with Gasteiger partial charge < -0.3 is 5.11 Å². The minimum absolute atomic E-state index is 0.222. The Kier molecular flexibility index (Phi) is 4.05. The monoisotopic (exact) mass is 243 g/mol. The largest absolute Gasteiger partial charge is 0.396 e. The standard InChI is InChI=1S/C11H17NOS2/c1-8(7-13)10-6-12-11(15-10)9-4-2-3-5-14-9/h6,8-9,13H,2-5,7H2,1H3. The number of thioether (sulfide) groups is 1. The average molecular weight is 243 g/mol. The van der Waals surface area contributed by atoms with Crippen LogP contribution in [-0.4, -0.2) is 22.5 Å². The summed E-state index contributed by atoms with van der Waals surface area (Å²) in [5.41, 5.74) is 0. The Morgan fingerprint density at radius 2 is 2.47 bits per heavy atom. The highest BCUT2D eigenvalue weighted by molar-refractivity contribution is 7.99. The van der Waals surface area contributed by atoms with E-state index in [2.05, 4.69) is 4.98 Å². The summed E-state index contributed by atoms with van der Waals surface area (Å²) in [6.45, 7) is 2.27. The molecule has 1 aromatic heterocycles. The SMILES string of the molecule is CC(CO)c1cnc(C2CCCCS2)s1. The summed E-state index contributed by atoms with van der Waals surface area (Å²) in [6.07, 6.45) is 5.90. The van der Waals surface area contributed by atoms with Crippen molar-refractivity contribution in [2.24, 2.45) is 0 Å². The maximum atomic E-state index is 9.08. The number of thiazole rings is 1. The molecular formula is C11H17NOS2. The van der Waals surface area contributed by atoms with Crippen molar-refractivity contribution < 1.29 is 5.11 Å². The van der Waals surface area contributed by atoms with Crippen molar-refractivity contribution in [3.8, 4) is 0 Å². The fourth-order valence-electron chi connectivity index (χ4n) is 1.70. The van der Waals surface area contributed by atoms with E-state index in [1.54, 1.807) is 11.3 Å². The van der Waals surface area contributed by atoms with E-state index in [-0.39, 0.29) is 12.5 Å². The van der Waals surface area contributed by atoms with Crippen LogP contribution in [0.3, 0.4) is 0 Å². The molecule has 2 atom stereocenters. The van der Waals surface area contributed by atoms with Crippen LogP contribution >= 0.6 is 23.1 Å². The molecule has 0 bridgehead atoms. The van der Waals surface area contributed by atoms with Gasteiger partial charge in [0.2, 0.25) is 0 Å². The summed E-state index contributed by atoms with van der Waals surface area (Å²) in [6, 6.07) is 0. The van der Waals surface area contributed by atoms with Gasteiger partial charge in [0, 0.05) is 17.0 Å². The van der Waals surface area contributed by atoms with Gasteiger partial charge in [-0.1, -0.05) is 13.3 Å². The first-order valence-corrected chi connectivity index (χ1v) is 7.36. The molecule has 0 amide bonds. The van der Waals surface area contributed by atoms with Crippen LogP contribution in [0.4, 0.5) is 0 Å². The third kappa shape index (κ3) is 2.74. The Morgan fingerprint density at radius 1 is 1.60 bits per heavy atom. The maximum absolute atomic E-state index is 9.08. The van der Waals surface area contributed by atoms with Crippen molar-refractivity contribution in [3.05, 3.63) is 16.1 Å². The van der Waals surface area contributed by atoms with Gasteiger partial charge in [-0.15, -0.1) is 11.3 Å². The number of aliphatic hydroxyl groups excluding tert-OH is 1. The van der Waals surface area contributed by atoms with E-state index in [1.165, 1.54) is 34.9 Å². The highest BCUT2D eigenvalue weighted by Gasteiger charge is 2.20. The first kappa shape index (κ1) is 11.4. The second-order valence-corrected chi connectivity index (χ2v) is 6.44. The third-order valence-electron chi connectivity index (χ3n) is 2.76. The fraction of sp³-hybridized carbons (Fsp3) is 0.727. The van der Waals surface area contributed by atoms with Crippen molar-refractivity contribution in [2.45, 2.75) is 37.4 Å². The van der Waals surface area contributed by atoms with E-state index in [9.17, 15) is 0 Å². The Hall–Kier alpha value is -0.0600. The molecule has 2 nitrogen and oxygen atoms in total. The van der Waals surface area contributed by atoms with Gasteiger partial charge in [0.05, 0.1) is 11.9 Å². The molecule has 15 heavy (non-hydrogen) atoms. The van der Waals surface area contributed by atoms with E-state index in [0.29, 0.717) is 5.25 Å². The first-order valence-electron chi connectivity index (χ1n) is 5.49. The lowest BCUT2D eigenvalue weighted by molar-refractivity contribution is 0.274. The zero-order valence-electron chi connectivity index (χ0n) is 8.98. The van der Waals surface area contributed by atoms with Gasteiger partial charge in [0.1, 0.15) is 5.01 Å². The zero-order valence-corrected chi connectivity index (χ0v) is 10.6. The molecule has 1 N–H and O–H groups in total. The molecule has 84 valence electrons. The highest BCUT2D eigenvalue weighted by atomic mass is 32.2. The molecule has 0 radical (unpaired) electrons. The number of aromatic nitrogens is 1. The minimum Gasteiger partial charge on any atom is -0.396 e. The summed E-state index contributed by atoms with van der Waals surface area (Å²) >= 11 is 3.81. The van der Waals surface area contributed by atoms with Gasteiger partial charge in [-0.3, -0.25) is 0 Å². The van der Waals surface area contributed by atoms with Crippen LogP contribution in [-0.2, 0) is 0 Å². The summed E-state index contributed by atoms with van der Waals surface area (Å²) in [5, 5.41) is 11.0. The number of hydrogen-bond acceptors (Lipinski definition) is 4. The highest BCUT2D eigenvalue weighted by Crippen LogP contribution is 2.40. The summed E-state index contributed by atoms with van der Waals surface area (Å²) in [5.74, 6) is 1.51. The van der Waals surface area contributed by atoms with Gasteiger partial charge in [0.25, 0.3) is 0 Å².